The molecule has 0 spiro atoms. The number of carbonyl (C=O) groups excluding carboxylic acids is 3. The number of rotatable bonds is 5. The van der Waals surface area contributed by atoms with Crippen LogP contribution < -0.4 is 14.8 Å². The second kappa shape index (κ2) is 8.14. The van der Waals surface area contributed by atoms with Crippen molar-refractivity contribution in [3.8, 4) is 11.5 Å². The van der Waals surface area contributed by atoms with Gasteiger partial charge in [-0.05, 0) is 48.0 Å². The number of amides is 3. The number of ether oxygens (including phenoxy) is 2. The second-order valence-electron chi connectivity index (χ2n) is 7.52. The van der Waals surface area contributed by atoms with Crippen LogP contribution in [0.25, 0.3) is 0 Å². The zero-order valence-electron chi connectivity index (χ0n) is 17.0. The van der Waals surface area contributed by atoms with Crippen LogP contribution in [0.4, 0.5) is 0 Å². The fourth-order valence-corrected chi connectivity index (χ4v) is 3.72. The highest BCUT2D eigenvalue weighted by Crippen LogP contribution is 2.30. The van der Waals surface area contributed by atoms with Gasteiger partial charge in [0, 0.05) is 18.0 Å². The Morgan fingerprint density at radius 1 is 1.00 bits per heavy atom. The number of nitrogens with zero attached hydrogens (tertiary/aromatic N) is 2. The van der Waals surface area contributed by atoms with Crippen LogP contribution in [0.5, 0.6) is 11.5 Å². The van der Waals surface area contributed by atoms with Gasteiger partial charge < -0.3 is 14.8 Å². The summed E-state index contributed by atoms with van der Waals surface area (Å²) in [6, 6.07) is 15.4. The molecular formula is C24H19N3O5. The van der Waals surface area contributed by atoms with E-state index in [1.807, 2.05) is 24.3 Å². The molecule has 0 fully saturated rings. The van der Waals surface area contributed by atoms with Crippen molar-refractivity contribution in [2.24, 2.45) is 0 Å². The number of para-hydroxylation sites is 2. The summed E-state index contributed by atoms with van der Waals surface area (Å²) < 4.78 is 11.5. The zero-order chi connectivity index (χ0) is 22.1. The first-order chi connectivity index (χ1) is 15.6. The summed E-state index contributed by atoms with van der Waals surface area (Å²) >= 11 is 0. The molecule has 1 aromatic heterocycles. The molecule has 2 aliphatic rings. The van der Waals surface area contributed by atoms with E-state index in [2.05, 4.69) is 10.3 Å². The minimum Gasteiger partial charge on any atom is -0.486 e. The van der Waals surface area contributed by atoms with Gasteiger partial charge in [-0.1, -0.05) is 12.1 Å². The summed E-state index contributed by atoms with van der Waals surface area (Å²) in [5.74, 6) is 0.155. The van der Waals surface area contributed by atoms with Crippen LogP contribution in [0.15, 0.2) is 67.0 Å². The monoisotopic (exact) mass is 429 g/mol. The van der Waals surface area contributed by atoms with E-state index in [-0.39, 0.29) is 36.6 Å². The van der Waals surface area contributed by atoms with E-state index in [4.69, 9.17) is 9.47 Å². The minimum absolute atomic E-state index is 0.150. The van der Waals surface area contributed by atoms with E-state index in [1.165, 1.54) is 17.0 Å². The van der Waals surface area contributed by atoms with E-state index in [0.717, 1.165) is 5.56 Å². The van der Waals surface area contributed by atoms with Gasteiger partial charge in [-0.15, -0.1) is 0 Å². The van der Waals surface area contributed by atoms with Crippen molar-refractivity contribution in [1.82, 2.24) is 15.2 Å². The predicted molar refractivity (Wildman–Crippen MR) is 114 cm³/mol. The van der Waals surface area contributed by atoms with Gasteiger partial charge in [-0.2, -0.15) is 0 Å². The van der Waals surface area contributed by atoms with Gasteiger partial charge in [0.25, 0.3) is 17.7 Å². The second-order valence-corrected chi connectivity index (χ2v) is 7.52. The maximum Gasteiger partial charge on any atom is 0.261 e. The molecule has 1 atom stereocenters. The number of hydrogen-bond donors (Lipinski definition) is 1. The predicted octanol–water partition coefficient (Wildman–Crippen LogP) is 2.45. The third-order valence-corrected chi connectivity index (χ3v) is 5.38. The van der Waals surface area contributed by atoms with Gasteiger partial charge in [0.1, 0.15) is 12.7 Å². The molecule has 2 aromatic carbocycles. The number of fused-ring (bicyclic) bond motifs is 2. The van der Waals surface area contributed by atoms with Crippen LogP contribution in [-0.4, -0.2) is 46.9 Å². The smallest absolute Gasteiger partial charge is 0.261 e. The van der Waals surface area contributed by atoms with Crippen molar-refractivity contribution in [3.05, 3.63) is 89.2 Å². The van der Waals surface area contributed by atoms with Crippen molar-refractivity contribution in [1.29, 1.82) is 0 Å². The maximum absolute atomic E-state index is 12.8. The molecule has 8 nitrogen and oxygen atoms in total. The quantitative estimate of drug-likeness (QED) is 0.626. The molecular weight excluding hydrogens is 410 g/mol. The standard InChI is InChI=1S/C24H19N3O5/c28-22(26-12-17-14-31-20-3-1-2-4-21(20)32-17)16-5-6-18-19(11-16)24(30)27(23(18)29)13-15-7-9-25-10-8-15/h1-11,17H,12-14H2,(H,26,28)/t17-/m1/s1. The highest BCUT2D eigenvalue weighted by Gasteiger charge is 2.36. The van der Waals surface area contributed by atoms with Gasteiger partial charge in [0.05, 0.1) is 24.2 Å². The normalized spacial score (nSPS) is 16.6. The Kier molecular flexibility index (Phi) is 5.03. The van der Waals surface area contributed by atoms with Crippen molar-refractivity contribution >= 4 is 17.7 Å². The van der Waals surface area contributed by atoms with Crippen molar-refractivity contribution in [3.63, 3.8) is 0 Å². The van der Waals surface area contributed by atoms with Crippen molar-refractivity contribution in [2.75, 3.05) is 13.2 Å². The molecule has 2 aliphatic heterocycles. The lowest BCUT2D eigenvalue weighted by atomic mass is 10.1. The first kappa shape index (κ1) is 19.7. The number of pyridine rings is 1. The molecule has 8 heteroatoms. The van der Waals surface area contributed by atoms with E-state index < -0.39 is 5.91 Å². The van der Waals surface area contributed by atoms with Gasteiger partial charge in [0.2, 0.25) is 0 Å². The number of aromatic nitrogens is 1. The summed E-state index contributed by atoms with van der Waals surface area (Å²) in [6.45, 7) is 0.709. The molecule has 0 saturated carbocycles. The minimum atomic E-state index is -0.419. The number of carbonyl (C=O) groups is 3. The lowest BCUT2D eigenvalue weighted by molar-refractivity contribution is 0.0642. The van der Waals surface area contributed by atoms with Crippen molar-refractivity contribution < 1.29 is 23.9 Å². The fraction of sp³-hybridized carbons (Fsp3) is 0.167. The van der Waals surface area contributed by atoms with Crippen LogP contribution in [0, 0.1) is 0 Å². The Morgan fingerprint density at radius 2 is 1.75 bits per heavy atom. The Labute approximate surface area is 183 Å². The molecule has 1 N–H and O–H groups in total. The highest BCUT2D eigenvalue weighted by atomic mass is 16.6. The van der Waals surface area contributed by atoms with Gasteiger partial charge in [0.15, 0.2) is 11.5 Å². The molecule has 0 radical (unpaired) electrons. The largest absolute Gasteiger partial charge is 0.486 e. The van der Waals surface area contributed by atoms with Crippen LogP contribution in [-0.2, 0) is 6.54 Å². The molecule has 0 unspecified atom stereocenters. The number of imide groups is 1. The lowest BCUT2D eigenvalue weighted by Gasteiger charge is -2.26. The summed E-state index contributed by atoms with van der Waals surface area (Å²) in [7, 11) is 0. The summed E-state index contributed by atoms with van der Waals surface area (Å²) in [5, 5.41) is 2.81. The molecule has 3 amide bonds. The third-order valence-electron chi connectivity index (χ3n) is 5.38. The summed E-state index contributed by atoms with van der Waals surface area (Å²) in [6.07, 6.45) is 2.88. The van der Waals surface area contributed by atoms with Crippen LogP contribution in [0.2, 0.25) is 0 Å². The topological polar surface area (TPSA) is 97.8 Å². The molecule has 0 bridgehead atoms. The van der Waals surface area contributed by atoms with Gasteiger partial charge in [-0.25, -0.2) is 0 Å². The highest BCUT2D eigenvalue weighted by molar-refractivity contribution is 6.22. The van der Waals surface area contributed by atoms with E-state index in [9.17, 15) is 14.4 Å². The Morgan fingerprint density at radius 3 is 2.56 bits per heavy atom. The number of hydrogen-bond acceptors (Lipinski definition) is 6. The average Bonchev–Trinajstić information content (AvgIpc) is 3.07. The molecule has 0 aliphatic carbocycles. The van der Waals surface area contributed by atoms with Gasteiger partial charge >= 0.3 is 0 Å². The average molecular weight is 429 g/mol. The molecule has 3 aromatic rings. The third kappa shape index (κ3) is 3.66. The molecule has 3 heterocycles. The molecule has 0 saturated heterocycles. The first-order valence-corrected chi connectivity index (χ1v) is 10.2. The molecule has 5 rings (SSSR count). The Bertz CT molecular complexity index is 1210. The van der Waals surface area contributed by atoms with Crippen molar-refractivity contribution in [2.45, 2.75) is 12.6 Å². The lowest BCUT2D eigenvalue weighted by Crippen LogP contribution is -2.40. The van der Waals surface area contributed by atoms with Crippen LogP contribution in [0.3, 0.4) is 0 Å². The Hall–Kier alpha value is -4.20. The zero-order valence-corrected chi connectivity index (χ0v) is 17.0. The van der Waals surface area contributed by atoms with E-state index >= 15 is 0 Å². The van der Waals surface area contributed by atoms with Gasteiger partial charge in [-0.3, -0.25) is 24.3 Å². The number of benzene rings is 2. The fourth-order valence-electron chi connectivity index (χ4n) is 3.72. The van der Waals surface area contributed by atoms with Crippen LogP contribution >= 0.6 is 0 Å². The first-order valence-electron chi connectivity index (χ1n) is 10.2. The molecule has 160 valence electrons. The molecule has 32 heavy (non-hydrogen) atoms. The number of nitrogens with one attached hydrogen (secondary N) is 1. The SMILES string of the molecule is O=C(NC[C@@H]1COc2ccccc2O1)c1ccc2c(c1)C(=O)N(Cc1ccncc1)C2=O. The maximum atomic E-state index is 12.8. The van der Waals surface area contributed by atoms with E-state index in [1.54, 1.807) is 30.6 Å². The Balaban J connectivity index is 1.25. The summed E-state index contributed by atoms with van der Waals surface area (Å²) in [4.78, 5) is 43.3. The summed E-state index contributed by atoms with van der Waals surface area (Å²) in [5.41, 5.74) is 1.61. The van der Waals surface area contributed by atoms with E-state index in [0.29, 0.717) is 29.2 Å². The van der Waals surface area contributed by atoms with Crippen LogP contribution in [0.1, 0.15) is 36.6 Å².